The van der Waals surface area contributed by atoms with Crippen LogP contribution in [-0.4, -0.2) is 34.4 Å². The maximum atomic E-state index is 14.7. The van der Waals surface area contributed by atoms with E-state index in [4.69, 9.17) is 16.0 Å². The van der Waals surface area contributed by atoms with Crippen molar-refractivity contribution in [1.82, 2.24) is 14.6 Å². The molecule has 3 rings (SSSR count). The van der Waals surface area contributed by atoms with Crippen LogP contribution in [0.25, 0.3) is 16.6 Å². The summed E-state index contributed by atoms with van der Waals surface area (Å²) in [6.45, 7) is 1.04. The van der Waals surface area contributed by atoms with Gasteiger partial charge in [0.25, 0.3) is 0 Å². The highest BCUT2D eigenvalue weighted by atomic mass is 19.1. The smallest absolute Gasteiger partial charge is 0.243 e. The molecule has 0 bridgehead atoms. The van der Waals surface area contributed by atoms with Gasteiger partial charge in [0.1, 0.15) is 17.9 Å². The number of halogens is 2. The molecule has 0 unspecified atom stereocenters. The van der Waals surface area contributed by atoms with Crippen LogP contribution >= 0.6 is 0 Å². The van der Waals surface area contributed by atoms with E-state index in [1.165, 1.54) is 17.8 Å². The largest absolute Gasteiger partial charge is 0.479 e. The molecule has 136 valence electrons. The molecule has 2 aromatic heterocycles. The van der Waals surface area contributed by atoms with Crippen LogP contribution in [-0.2, 0) is 0 Å². The highest BCUT2D eigenvalue weighted by Crippen LogP contribution is 2.37. The number of nitrogens with two attached hydrogens (primary N) is 1. The molecule has 0 aliphatic carbocycles. The van der Waals surface area contributed by atoms with Crippen LogP contribution in [0.3, 0.4) is 0 Å². The number of benzene rings is 1. The molecule has 0 amide bonds. The fourth-order valence-corrected chi connectivity index (χ4v) is 2.66. The number of fused-ring (bicyclic) bond motifs is 1. The van der Waals surface area contributed by atoms with Gasteiger partial charge in [0, 0.05) is 0 Å². The number of hydrogen-bond acceptors (Lipinski definition) is 7. The van der Waals surface area contributed by atoms with Gasteiger partial charge in [-0.3, -0.25) is 0 Å². The minimum Gasteiger partial charge on any atom is -0.479 e. The molecule has 2 heterocycles. The molecular formula is C16H17F2N7O. The predicted molar refractivity (Wildman–Crippen MR) is 93.2 cm³/mol. The van der Waals surface area contributed by atoms with Gasteiger partial charge in [-0.05, 0) is 24.6 Å². The van der Waals surface area contributed by atoms with E-state index in [0.29, 0.717) is 22.5 Å². The summed E-state index contributed by atoms with van der Waals surface area (Å²) in [5.74, 6) is -0.487. The lowest BCUT2D eigenvalue weighted by Crippen LogP contribution is -2.17. The van der Waals surface area contributed by atoms with Crippen molar-refractivity contribution in [2.75, 3.05) is 24.8 Å². The van der Waals surface area contributed by atoms with Crippen molar-refractivity contribution in [2.45, 2.75) is 13.0 Å². The first-order valence-electron chi connectivity index (χ1n) is 7.71. The summed E-state index contributed by atoms with van der Waals surface area (Å²) in [6.07, 6.45) is 1.17. The number of nitrogen functional groups attached to an aromatic ring is 1. The molecule has 8 nitrogen and oxygen atoms in total. The van der Waals surface area contributed by atoms with Gasteiger partial charge in [0.15, 0.2) is 5.82 Å². The van der Waals surface area contributed by atoms with E-state index in [1.54, 1.807) is 25.1 Å². The highest BCUT2D eigenvalue weighted by Gasteiger charge is 2.20. The lowest BCUT2D eigenvalue weighted by atomic mass is 10.0. The van der Waals surface area contributed by atoms with Crippen molar-refractivity contribution >= 4 is 22.8 Å². The first-order valence-corrected chi connectivity index (χ1v) is 7.71. The number of rotatable bonds is 6. The van der Waals surface area contributed by atoms with Crippen molar-refractivity contribution in [2.24, 2.45) is 5.11 Å². The molecule has 0 aliphatic heterocycles. The molecule has 0 radical (unpaired) electrons. The highest BCUT2D eigenvalue weighted by molar-refractivity contribution is 5.87. The zero-order valence-corrected chi connectivity index (χ0v) is 14.1. The van der Waals surface area contributed by atoms with Crippen LogP contribution < -0.4 is 15.8 Å². The topological polar surface area (TPSA) is 114 Å². The molecule has 3 aromatic rings. The van der Waals surface area contributed by atoms with E-state index in [2.05, 4.69) is 20.5 Å². The summed E-state index contributed by atoms with van der Waals surface area (Å²) in [5, 5.41) is 10.3. The number of anilines is 2. The maximum Gasteiger partial charge on any atom is 0.243 e. The van der Waals surface area contributed by atoms with E-state index in [0.717, 1.165) is 0 Å². The average molecular weight is 361 g/mol. The lowest BCUT2D eigenvalue weighted by Gasteiger charge is -2.14. The summed E-state index contributed by atoms with van der Waals surface area (Å²) in [4.78, 5) is 3.98. The van der Waals surface area contributed by atoms with Crippen molar-refractivity contribution in [3.8, 4) is 17.0 Å². The Morgan fingerprint density at radius 1 is 1.46 bits per heavy atom. The summed E-state index contributed by atoms with van der Waals surface area (Å²) in [6, 6.07) is 4.25. The maximum absolute atomic E-state index is 14.7. The minimum absolute atomic E-state index is 0.0571. The summed E-state index contributed by atoms with van der Waals surface area (Å²) in [5.41, 5.74) is 14.6. The van der Waals surface area contributed by atoms with E-state index < -0.39 is 18.5 Å². The first-order chi connectivity index (χ1) is 12.5. The van der Waals surface area contributed by atoms with E-state index in [1.807, 2.05) is 0 Å². The summed E-state index contributed by atoms with van der Waals surface area (Å²) in [7, 11) is 1.40. The molecule has 10 heteroatoms. The quantitative estimate of drug-likeness (QED) is 0.581. The van der Waals surface area contributed by atoms with Gasteiger partial charge in [-0.1, -0.05) is 6.07 Å². The van der Waals surface area contributed by atoms with Crippen LogP contribution in [0.5, 0.6) is 5.88 Å². The van der Waals surface area contributed by atoms with Crippen molar-refractivity contribution < 1.29 is 13.5 Å². The number of alkyl halides is 1. The Kier molecular flexibility index (Phi) is 4.65. The fourth-order valence-electron chi connectivity index (χ4n) is 2.66. The fraction of sp³-hybridized carbons (Fsp3) is 0.250. The van der Waals surface area contributed by atoms with Crippen LogP contribution in [0.1, 0.15) is 6.92 Å². The zero-order valence-electron chi connectivity index (χ0n) is 14.1. The third-order valence-corrected chi connectivity index (χ3v) is 3.80. The van der Waals surface area contributed by atoms with Gasteiger partial charge in [-0.15, -0.1) is 5.10 Å². The lowest BCUT2D eigenvalue weighted by molar-refractivity contribution is 0.400. The second-order valence-electron chi connectivity index (χ2n) is 5.67. The molecule has 0 saturated heterocycles. The third-order valence-electron chi connectivity index (χ3n) is 3.80. The Morgan fingerprint density at radius 2 is 2.23 bits per heavy atom. The SMILES string of the molecule is COc1nc(N)nn2cc(F)c(-c3ccc(N=N)c(N[C@H](C)CF)c3)c12. The third kappa shape index (κ3) is 3.01. The van der Waals surface area contributed by atoms with Gasteiger partial charge in [-0.25, -0.2) is 18.8 Å². The molecule has 0 saturated carbocycles. The minimum atomic E-state index is -0.605. The van der Waals surface area contributed by atoms with Gasteiger partial charge >= 0.3 is 0 Å². The first kappa shape index (κ1) is 17.5. The average Bonchev–Trinajstić information content (AvgIpc) is 2.96. The predicted octanol–water partition coefficient (Wildman–Crippen LogP) is 3.56. The second kappa shape index (κ2) is 6.90. The Morgan fingerprint density at radius 3 is 2.88 bits per heavy atom. The van der Waals surface area contributed by atoms with E-state index in [9.17, 15) is 8.78 Å². The Labute approximate surface area is 147 Å². The number of nitrogens with zero attached hydrogens (tertiary/aromatic N) is 4. The van der Waals surface area contributed by atoms with Crippen LogP contribution in [0, 0.1) is 11.3 Å². The molecule has 0 spiro atoms. The zero-order chi connectivity index (χ0) is 18.8. The van der Waals surface area contributed by atoms with Crippen molar-refractivity contribution in [3.63, 3.8) is 0 Å². The number of ether oxygens (including phenoxy) is 1. The van der Waals surface area contributed by atoms with Crippen molar-refractivity contribution in [1.29, 1.82) is 5.53 Å². The molecule has 26 heavy (non-hydrogen) atoms. The van der Waals surface area contributed by atoms with E-state index in [-0.39, 0.29) is 17.4 Å². The van der Waals surface area contributed by atoms with E-state index >= 15 is 0 Å². The van der Waals surface area contributed by atoms with Crippen molar-refractivity contribution in [3.05, 3.63) is 30.2 Å². The number of aromatic nitrogens is 3. The summed E-state index contributed by atoms with van der Waals surface area (Å²) >= 11 is 0. The molecule has 0 aliphatic rings. The van der Waals surface area contributed by atoms with Gasteiger partial charge in [0.2, 0.25) is 11.8 Å². The van der Waals surface area contributed by atoms with Crippen LogP contribution in [0.15, 0.2) is 29.5 Å². The van der Waals surface area contributed by atoms with Crippen LogP contribution in [0.2, 0.25) is 0 Å². The molecule has 4 N–H and O–H groups in total. The Bertz CT molecular complexity index is 973. The summed E-state index contributed by atoms with van der Waals surface area (Å²) < 4.78 is 34.0. The number of hydrogen-bond donors (Lipinski definition) is 3. The molecule has 0 fully saturated rings. The van der Waals surface area contributed by atoms with Gasteiger partial charge in [0.05, 0.1) is 30.6 Å². The van der Waals surface area contributed by atoms with Gasteiger partial charge < -0.3 is 15.8 Å². The standard InChI is InChI=1S/C16H17F2N7O/c1-8(6-17)21-12-5-9(3-4-11(12)23-20)13-10(18)7-25-14(13)15(26-2)22-16(19)24-25/h3-5,7-8,20-21H,6H2,1-2H3,(H2,19,24)/t8-/m1/s1. The molecule has 1 atom stereocenters. The number of nitrogens with one attached hydrogen (secondary N) is 2. The Balaban J connectivity index is 2.22. The molecular weight excluding hydrogens is 344 g/mol. The number of methoxy groups -OCH3 is 1. The monoisotopic (exact) mass is 361 g/mol. The van der Waals surface area contributed by atoms with Crippen LogP contribution in [0.4, 0.5) is 26.1 Å². The Hall–Kier alpha value is -3.30. The molecule has 1 aromatic carbocycles. The van der Waals surface area contributed by atoms with Gasteiger partial charge in [-0.2, -0.15) is 10.1 Å². The second-order valence-corrected chi connectivity index (χ2v) is 5.67. The normalized spacial score (nSPS) is 12.2.